The summed E-state index contributed by atoms with van der Waals surface area (Å²) in [6.45, 7) is 0. The Labute approximate surface area is 112 Å². The highest BCUT2D eigenvalue weighted by Crippen LogP contribution is 2.29. The average molecular weight is 293 g/mol. The standard InChI is InChI=1S/C11H19NO6S/c1-18-9(13)5-8-19(16,17)12-11(10(14)15)6-3-2-4-7-11/h12H,2-8H2,1H3,(H,14,15). The van der Waals surface area contributed by atoms with Crippen LogP contribution in [0.5, 0.6) is 0 Å². The third-order valence-corrected chi connectivity index (χ3v) is 4.71. The van der Waals surface area contributed by atoms with E-state index < -0.39 is 33.3 Å². The van der Waals surface area contributed by atoms with Crippen LogP contribution in [0, 0.1) is 0 Å². The van der Waals surface area contributed by atoms with E-state index in [1.54, 1.807) is 0 Å². The molecule has 0 aliphatic heterocycles. The highest BCUT2D eigenvalue weighted by Gasteiger charge is 2.42. The Morgan fingerprint density at radius 2 is 1.84 bits per heavy atom. The number of carbonyl (C=O) groups is 2. The maximum atomic E-state index is 11.8. The van der Waals surface area contributed by atoms with E-state index in [1.807, 2.05) is 0 Å². The molecular weight excluding hydrogens is 274 g/mol. The van der Waals surface area contributed by atoms with E-state index in [0.717, 1.165) is 6.42 Å². The molecule has 0 radical (unpaired) electrons. The summed E-state index contributed by atoms with van der Waals surface area (Å²) in [5.74, 6) is -2.26. The maximum Gasteiger partial charge on any atom is 0.324 e. The predicted molar refractivity (Wildman–Crippen MR) is 67.0 cm³/mol. The van der Waals surface area contributed by atoms with Crippen LogP contribution in [0.2, 0.25) is 0 Å². The third kappa shape index (κ3) is 4.46. The van der Waals surface area contributed by atoms with Gasteiger partial charge in [-0.15, -0.1) is 0 Å². The van der Waals surface area contributed by atoms with Crippen molar-refractivity contribution < 1.29 is 27.9 Å². The fraction of sp³-hybridized carbons (Fsp3) is 0.818. The number of ether oxygens (including phenoxy) is 1. The van der Waals surface area contributed by atoms with Gasteiger partial charge in [-0.1, -0.05) is 19.3 Å². The van der Waals surface area contributed by atoms with Crippen LogP contribution in [0.25, 0.3) is 0 Å². The molecule has 0 unspecified atom stereocenters. The summed E-state index contributed by atoms with van der Waals surface area (Å²) in [4.78, 5) is 22.3. The van der Waals surface area contributed by atoms with Gasteiger partial charge in [0, 0.05) is 0 Å². The number of hydrogen-bond donors (Lipinski definition) is 2. The van der Waals surface area contributed by atoms with Crippen LogP contribution in [-0.4, -0.2) is 43.9 Å². The second-order valence-corrected chi connectivity index (χ2v) is 6.54. The van der Waals surface area contributed by atoms with Crippen LogP contribution < -0.4 is 4.72 Å². The average Bonchev–Trinajstić information content (AvgIpc) is 2.36. The van der Waals surface area contributed by atoms with Crippen molar-refractivity contribution in [3.05, 3.63) is 0 Å². The monoisotopic (exact) mass is 293 g/mol. The zero-order valence-electron chi connectivity index (χ0n) is 10.8. The van der Waals surface area contributed by atoms with Gasteiger partial charge in [0.2, 0.25) is 10.0 Å². The number of aliphatic carboxylic acids is 1. The van der Waals surface area contributed by atoms with Gasteiger partial charge in [-0.2, -0.15) is 4.72 Å². The van der Waals surface area contributed by atoms with E-state index in [0.29, 0.717) is 12.8 Å². The summed E-state index contributed by atoms with van der Waals surface area (Å²) in [6.07, 6.45) is 2.51. The molecule has 1 saturated carbocycles. The van der Waals surface area contributed by atoms with Gasteiger partial charge in [0.15, 0.2) is 0 Å². The first kappa shape index (κ1) is 15.9. The minimum Gasteiger partial charge on any atom is -0.480 e. The zero-order valence-corrected chi connectivity index (χ0v) is 11.7. The molecule has 0 bridgehead atoms. The van der Waals surface area contributed by atoms with Crippen LogP contribution >= 0.6 is 0 Å². The van der Waals surface area contributed by atoms with E-state index in [9.17, 15) is 23.1 Å². The Morgan fingerprint density at radius 1 is 1.26 bits per heavy atom. The third-order valence-electron chi connectivity index (χ3n) is 3.27. The largest absolute Gasteiger partial charge is 0.480 e. The van der Waals surface area contributed by atoms with E-state index >= 15 is 0 Å². The smallest absolute Gasteiger partial charge is 0.324 e. The summed E-state index contributed by atoms with van der Waals surface area (Å²) < 4.78 is 30.3. The zero-order chi connectivity index (χ0) is 14.5. The number of carbonyl (C=O) groups excluding carboxylic acids is 1. The second kappa shape index (κ2) is 6.33. The first-order chi connectivity index (χ1) is 8.81. The molecule has 0 saturated heterocycles. The number of sulfonamides is 1. The van der Waals surface area contributed by atoms with Crippen LogP contribution in [0.3, 0.4) is 0 Å². The number of nitrogens with one attached hydrogen (secondary N) is 1. The summed E-state index contributed by atoms with van der Waals surface area (Å²) in [6, 6.07) is 0. The molecule has 1 aliphatic carbocycles. The van der Waals surface area contributed by atoms with Crippen molar-refractivity contribution in [3.63, 3.8) is 0 Å². The summed E-state index contributed by atoms with van der Waals surface area (Å²) >= 11 is 0. The Kier molecular flexibility index (Phi) is 5.30. The van der Waals surface area contributed by atoms with Crippen molar-refractivity contribution in [1.29, 1.82) is 0 Å². The second-order valence-electron chi connectivity index (χ2n) is 4.69. The summed E-state index contributed by atoms with van der Waals surface area (Å²) in [7, 11) is -2.65. The Bertz CT molecular complexity index is 438. The van der Waals surface area contributed by atoms with Gasteiger partial charge in [0.05, 0.1) is 19.3 Å². The molecule has 0 aromatic carbocycles. The van der Waals surface area contributed by atoms with Gasteiger partial charge >= 0.3 is 11.9 Å². The molecule has 0 aromatic heterocycles. The molecule has 0 heterocycles. The van der Waals surface area contributed by atoms with Crippen molar-refractivity contribution in [2.24, 2.45) is 0 Å². The minimum atomic E-state index is -3.82. The number of carboxylic acids is 1. The molecule has 110 valence electrons. The first-order valence-electron chi connectivity index (χ1n) is 6.13. The number of esters is 1. The Balaban J connectivity index is 2.73. The van der Waals surface area contributed by atoms with Crippen molar-refractivity contribution in [2.45, 2.75) is 44.1 Å². The van der Waals surface area contributed by atoms with E-state index in [-0.39, 0.29) is 19.3 Å². The minimum absolute atomic E-state index is 0.278. The van der Waals surface area contributed by atoms with E-state index in [4.69, 9.17) is 0 Å². The van der Waals surface area contributed by atoms with Crippen LogP contribution in [0.15, 0.2) is 0 Å². The van der Waals surface area contributed by atoms with Crippen LogP contribution in [0.1, 0.15) is 38.5 Å². The molecule has 1 aliphatic rings. The van der Waals surface area contributed by atoms with Gasteiger partial charge < -0.3 is 9.84 Å². The number of carboxylic acid groups (broad SMARTS) is 1. The van der Waals surface area contributed by atoms with Crippen molar-refractivity contribution in [3.8, 4) is 0 Å². The molecular formula is C11H19NO6S. The number of hydrogen-bond acceptors (Lipinski definition) is 5. The van der Waals surface area contributed by atoms with Gasteiger partial charge in [-0.3, -0.25) is 9.59 Å². The van der Waals surface area contributed by atoms with Crippen molar-refractivity contribution >= 4 is 22.0 Å². The van der Waals surface area contributed by atoms with Crippen molar-refractivity contribution in [2.75, 3.05) is 12.9 Å². The topological polar surface area (TPSA) is 110 Å². The van der Waals surface area contributed by atoms with Gasteiger partial charge in [0.1, 0.15) is 5.54 Å². The molecule has 0 aromatic rings. The quantitative estimate of drug-likeness (QED) is 0.680. The van der Waals surface area contributed by atoms with Gasteiger partial charge in [-0.25, -0.2) is 8.42 Å². The normalized spacial score (nSPS) is 18.8. The molecule has 2 N–H and O–H groups in total. The van der Waals surface area contributed by atoms with E-state index in [1.165, 1.54) is 7.11 Å². The number of methoxy groups -OCH3 is 1. The molecule has 0 atom stereocenters. The molecule has 7 nitrogen and oxygen atoms in total. The van der Waals surface area contributed by atoms with Gasteiger partial charge in [-0.05, 0) is 12.8 Å². The van der Waals surface area contributed by atoms with Crippen molar-refractivity contribution in [1.82, 2.24) is 4.72 Å². The summed E-state index contributed by atoms with van der Waals surface area (Å²) in [5.41, 5.74) is -1.42. The van der Waals surface area contributed by atoms with Crippen LogP contribution in [-0.2, 0) is 24.3 Å². The molecule has 1 fully saturated rings. The maximum absolute atomic E-state index is 11.8. The highest BCUT2D eigenvalue weighted by molar-refractivity contribution is 7.89. The molecule has 19 heavy (non-hydrogen) atoms. The van der Waals surface area contributed by atoms with E-state index in [2.05, 4.69) is 9.46 Å². The number of rotatable bonds is 6. The van der Waals surface area contributed by atoms with Crippen LogP contribution in [0.4, 0.5) is 0 Å². The molecule has 0 amide bonds. The lowest BCUT2D eigenvalue weighted by Gasteiger charge is -2.33. The van der Waals surface area contributed by atoms with Gasteiger partial charge in [0.25, 0.3) is 0 Å². The Hall–Kier alpha value is -1.15. The highest BCUT2D eigenvalue weighted by atomic mass is 32.2. The molecule has 8 heteroatoms. The predicted octanol–water partition coefficient (Wildman–Crippen LogP) is 0.256. The summed E-state index contributed by atoms with van der Waals surface area (Å²) in [5, 5.41) is 9.26. The lowest BCUT2D eigenvalue weighted by atomic mass is 9.83. The lowest BCUT2D eigenvalue weighted by molar-refractivity contribution is -0.145. The first-order valence-corrected chi connectivity index (χ1v) is 7.78. The Morgan fingerprint density at radius 3 is 2.32 bits per heavy atom. The molecule has 0 spiro atoms. The fourth-order valence-electron chi connectivity index (χ4n) is 2.18. The lowest BCUT2D eigenvalue weighted by Crippen LogP contribution is -2.56. The molecule has 1 rings (SSSR count). The fourth-order valence-corrected chi connectivity index (χ4v) is 3.61. The SMILES string of the molecule is COC(=O)CCS(=O)(=O)NC1(C(=O)O)CCCCC1.